The Bertz CT molecular complexity index is 1140. The third kappa shape index (κ3) is 4.16. The van der Waals surface area contributed by atoms with Crippen molar-refractivity contribution in [2.45, 2.75) is 38.5 Å². The van der Waals surface area contributed by atoms with Gasteiger partial charge >= 0.3 is 0 Å². The van der Waals surface area contributed by atoms with Crippen LogP contribution in [0.2, 0.25) is 0 Å². The zero-order valence-corrected chi connectivity index (χ0v) is 19.7. The largest absolute Gasteiger partial charge is 0.356 e. The highest BCUT2D eigenvalue weighted by atomic mass is 32.1. The van der Waals surface area contributed by atoms with Gasteiger partial charge in [0.15, 0.2) is 5.82 Å². The van der Waals surface area contributed by atoms with Crippen molar-refractivity contribution in [3.05, 3.63) is 52.2 Å². The molecule has 5 rings (SSSR count). The van der Waals surface area contributed by atoms with E-state index in [1.807, 2.05) is 49.7 Å². The number of carbonyl (C=O) groups excluding carboxylic acids is 1. The number of amides is 1. The lowest BCUT2D eigenvalue weighted by Gasteiger charge is -2.33. The van der Waals surface area contributed by atoms with Crippen molar-refractivity contribution in [2.75, 3.05) is 32.1 Å². The molecule has 0 spiro atoms. The average molecular weight is 447 g/mol. The molecule has 2 aliphatic rings. The standard InChI is InChI=1S/C26H30N4OS/c1-29(2)26(31)19-14-16-30(17-15-19)24-23-20-10-6-7-11-21(20)32-25(23)28-22(27-24)13-12-18-8-4-3-5-9-18/h3-5,8-9,12-13,19H,6-7,10-11,14-17H2,1-2H3/b13-12+. The van der Waals surface area contributed by atoms with Crippen LogP contribution in [0, 0.1) is 5.92 Å². The number of aromatic nitrogens is 2. The van der Waals surface area contributed by atoms with Gasteiger partial charge in [-0.3, -0.25) is 4.79 Å². The molecule has 0 saturated carbocycles. The van der Waals surface area contributed by atoms with E-state index >= 15 is 0 Å². The maximum absolute atomic E-state index is 12.5. The predicted molar refractivity (Wildman–Crippen MR) is 133 cm³/mol. The third-order valence-corrected chi connectivity index (χ3v) is 7.81. The van der Waals surface area contributed by atoms with E-state index in [9.17, 15) is 4.79 Å². The molecule has 166 valence electrons. The van der Waals surface area contributed by atoms with E-state index in [2.05, 4.69) is 23.1 Å². The number of carbonyl (C=O) groups is 1. The van der Waals surface area contributed by atoms with Gasteiger partial charge in [-0.15, -0.1) is 11.3 Å². The molecule has 0 bridgehead atoms. The molecule has 32 heavy (non-hydrogen) atoms. The molecule has 1 aliphatic carbocycles. The summed E-state index contributed by atoms with van der Waals surface area (Å²) in [7, 11) is 3.71. The molecule has 1 fully saturated rings. The van der Waals surface area contributed by atoms with Crippen LogP contribution in [0.3, 0.4) is 0 Å². The molecule has 2 aromatic heterocycles. The van der Waals surface area contributed by atoms with E-state index in [1.165, 1.54) is 28.7 Å². The lowest BCUT2D eigenvalue weighted by atomic mass is 9.94. The van der Waals surface area contributed by atoms with Crippen molar-refractivity contribution in [1.29, 1.82) is 0 Å². The molecule has 1 saturated heterocycles. The maximum atomic E-state index is 12.5. The second-order valence-corrected chi connectivity index (χ2v) is 10.1. The first-order valence-electron chi connectivity index (χ1n) is 11.6. The summed E-state index contributed by atoms with van der Waals surface area (Å²) in [5, 5.41) is 1.26. The first kappa shape index (κ1) is 21.1. The number of aryl methyl sites for hydroxylation is 2. The summed E-state index contributed by atoms with van der Waals surface area (Å²) in [4.78, 5) is 29.2. The monoisotopic (exact) mass is 446 g/mol. The first-order chi connectivity index (χ1) is 15.6. The molecule has 6 heteroatoms. The Morgan fingerprint density at radius 3 is 2.56 bits per heavy atom. The van der Waals surface area contributed by atoms with Crippen LogP contribution in [0.1, 0.15) is 47.5 Å². The molecule has 5 nitrogen and oxygen atoms in total. The van der Waals surface area contributed by atoms with Gasteiger partial charge in [0, 0.05) is 38.0 Å². The van der Waals surface area contributed by atoms with E-state index in [1.54, 1.807) is 4.90 Å². The highest BCUT2D eigenvalue weighted by Gasteiger charge is 2.29. The van der Waals surface area contributed by atoms with E-state index < -0.39 is 0 Å². The minimum Gasteiger partial charge on any atom is -0.356 e. The van der Waals surface area contributed by atoms with Gasteiger partial charge in [0.05, 0.1) is 5.39 Å². The number of nitrogens with zero attached hydrogens (tertiary/aromatic N) is 4. The molecule has 0 radical (unpaired) electrons. The Balaban J connectivity index is 1.50. The van der Waals surface area contributed by atoms with Crippen LogP contribution in [0.5, 0.6) is 0 Å². The zero-order chi connectivity index (χ0) is 22.1. The fraction of sp³-hybridized carbons (Fsp3) is 0.423. The van der Waals surface area contributed by atoms with Gasteiger partial charge in [0.25, 0.3) is 0 Å². The van der Waals surface area contributed by atoms with Gasteiger partial charge in [-0.2, -0.15) is 0 Å². The molecule has 3 heterocycles. The van der Waals surface area contributed by atoms with Crippen molar-refractivity contribution in [1.82, 2.24) is 14.9 Å². The minimum absolute atomic E-state index is 0.118. The van der Waals surface area contributed by atoms with Crippen molar-refractivity contribution < 1.29 is 4.79 Å². The van der Waals surface area contributed by atoms with Gasteiger partial charge in [0.1, 0.15) is 10.6 Å². The Morgan fingerprint density at radius 2 is 1.81 bits per heavy atom. The topological polar surface area (TPSA) is 49.3 Å². The van der Waals surface area contributed by atoms with Gasteiger partial charge in [-0.25, -0.2) is 9.97 Å². The van der Waals surface area contributed by atoms with Crippen LogP contribution in [0.15, 0.2) is 30.3 Å². The van der Waals surface area contributed by atoms with E-state index in [4.69, 9.17) is 9.97 Å². The summed E-state index contributed by atoms with van der Waals surface area (Å²) in [6.45, 7) is 1.73. The summed E-state index contributed by atoms with van der Waals surface area (Å²) >= 11 is 1.85. The molecule has 0 atom stereocenters. The number of fused-ring (bicyclic) bond motifs is 3. The summed E-state index contributed by atoms with van der Waals surface area (Å²) in [5.74, 6) is 2.20. The fourth-order valence-corrected chi connectivity index (χ4v) is 6.16. The molecule has 1 aliphatic heterocycles. The number of anilines is 1. The van der Waals surface area contributed by atoms with Crippen molar-refractivity contribution in [3.63, 3.8) is 0 Å². The van der Waals surface area contributed by atoms with E-state index in [0.29, 0.717) is 0 Å². The van der Waals surface area contributed by atoms with Crippen LogP contribution >= 0.6 is 11.3 Å². The number of benzene rings is 1. The highest BCUT2D eigenvalue weighted by molar-refractivity contribution is 7.19. The van der Waals surface area contributed by atoms with Gasteiger partial charge < -0.3 is 9.80 Å². The van der Waals surface area contributed by atoms with Crippen LogP contribution < -0.4 is 4.90 Å². The van der Waals surface area contributed by atoms with Crippen LogP contribution in [0.25, 0.3) is 22.4 Å². The molecular formula is C26H30N4OS. The lowest BCUT2D eigenvalue weighted by Crippen LogP contribution is -2.40. The van der Waals surface area contributed by atoms with Gasteiger partial charge in [0.2, 0.25) is 5.91 Å². The fourth-order valence-electron chi connectivity index (χ4n) is 4.90. The SMILES string of the molecule is CN(C)C(=O)C1CCN(c2nc(/C=C/c3ccccc3)nc3sc4c(c23)CCCC4)CC1. The number of hydrogen-bond donors (Lipinski definition) is 0. The molecule has 1 aromatic carbocycles. The van der Waals surface area contributed by atoms with Crippen molar-refractivity contribution in [3.8, 4) is 0 Å². The Kier molecular flexibility index (Phi) is 5.96. The lowest BCUT2D eigenvalue weighted by molar-refractivity contribution is -0.133. The summed E-state index contributed by atoms with van der Waals surface area (Å²) in [6, 6.07) is 10.3. The summed E-state index contributed by atoms with van der Waals surface area (Å²) in [5.41, 5.74) is 2.61. The van der Waals surface area contributed by atoms with Crippen molar-refractivity contribution >= 4 is 45.4 Å². The minimum atomic E-state index is 0.118. The summed E-state index contributed by atoms with van der Waals surface area (Å²) < 4.78 is 0. The first-order valence-corrected chi connectivity index (χ1v) is 12.4. The third-order valence-electron chi connectivity index (χ3n) is 6.62. The van der Waals surface area contributed by atoms with Gasteiger partial charge in [-0.1, -0.05) is 36.4 Å². The number of rotatable bonds is 4. The van der Waals surface area contributed by atoms with Gasteiger partial charge in [-0.05, 0) is 55.7 Å². The Morgan fingerprint density at radius 1 is 1.06 bits per heavy atom. The normalized spacial score (nSPS) is 17.1. The van der Waals surface area contributed by atoms with Crippen molar-refractivity contribution in [2.24, 2.45) is 5.92 Å². The van der Waals surface area contributed by atoms with E-state index in [0.717, 1.165) is 60.8 Å². The second kappa shape index (κ2) is 9.02. The number of hydrogen-bond acceptors (Lipinski definition) is 5. The Hall–Kier alpha value is -2.73. The molecule has 3 aromatic rings. The number of piperidine rings is 1. The predicted octanol–water partition coefficient (Wildman–Crippen LogP) is 5.05. The smallest absolute Gasteiger partial charge is 0.225 e. The second-order valence-electron chi connectivity index (χ2n) is 9.03. The maximum Gasteiger partial charge on any atom is 0.225 e. The van der Waals surface area contributed by atoms with E-state index in [-0.39, 0.29) is 11.8 Å². The van der Waals surface area contributed by atoms with Crippen LogP contribution in [-0.4, -0.2) is 48.0 Å². The zero-order valence-electron chi connectivity index (χ0n) is 18.9. The molecular weight excluding hydrogens is 416 g/mol. The average Bonchev–Trinajstić information content (AvgIpc) is 3.21. The molecule has 0 N–H and O–H groups in total. The highest BCUT2D eigenvalue weighted by Crippen LogP contribution is 2.40. The van der Waals surface area contributed by atoms with Crippen LogP contribution in [0.4, 0.5) is 5.82 Å². The Labute approximate surface area is 193 Å². The molecule has 0 unspecified atom stereocenters. The summed E-state index contributed by atoms with van der Waals surface area (Å²) in [6.07, 6.45) is 10.7. The number of thiophene rings is 1. The van der Waals surface area contributed by atoms with Crippen LogP contribution in [-0.2, 0) is 17.6 Å². The quantitative estimate of drug-likeness (QED) is 0.563. The molecule has 1 amide bonds.